The van der Waals surface area contributed by atoms with Crippen molar-refractivity contribution in [1.82, 2.24) is 9.80 Å². The molecule has 6 nitrogen and oxygen atoms in total. The Morgan fingerprint density at radius 2 is 1.77 bits per heavy atom. The van der Waals surface area contributed by atoms with Gasteiger partial charge in [-0.1, -0.05) is 48.5 Å². The fourth-order valence-electron chi connectivity index (χ4n) is 4.65. The number of likely N-dealkylation sites (tertiary alicyclic amines) is 1. The maximum atomic E-state index is 13.3. The second-order valence-electron chi connectivity index (χ2n) is 9.13. The monoisotopic (exact) mass is 474 g/mol. The van der Waals surface area contributed by atoms with E-state index < -0.39 is 5.60 Å². The second-order valence-corrected chi connectivity index (χ2v) is 9.13. The standard InChI is InChI=1S/C28H27FN2O4/c29-24-11-9-22(10-12-24)17-34-25-8-4-7-23(15-25)27(33)30-14-13-28(19-30)20-31(26(32)18-35-28)16-21-5-2-1-3-6-21/h1-12,15H,13-14,16-20H2. The number of nitrogens with zero attached hydrogens (tertiary/aromatic N) is 2. The number of amides is 2. The predicted octanol–water partition coefficient (Wildman–Crippen LogP) is 4.05. The summed E-state index contributed by atoms with van der Waals surface area (Å²) in [5, 5.41) is 0. The molecule has 1 unspecified atom stereocenters. The Labute approximate surface area is 203 Å². The van der Waals surface area contributed by atoms with Gasteiger partial charge in [-0.25, -0.2) is 4.39 Å². The van der Waals surface area contributed by atoms with Crippen LogP contribution in [0.5, 0.6) is 5.75 Å². The van der Waals surface area contributed by atoms with Crippen molar-refractivity contribution in [2.75, 3.05) is 26.2 Å². The Bertz CT molecular complexity index is 1200. The summed E-state index contributed by atoms with van der Waals surface area (Å²) in [6.45, 7) is 2.31. The minimum atomic E-state index is -0.547. The molecular formula is C28H27FN2O4. The van der Waals surface area contributed by atoms with E-state index in [9.17, 15) is 14.0 Å². The van der Waals surface area contributed by atoms with Crippen molar-refractivity contribution in [1.29, 1.82) is 0 Å². The van der Waals surface area contributed by atoms with Gasteiger partial charge < -0.3 is 19.3 Å². The van der Waals surface area contributed by atoms with Crippen molar-refractivity contribution >= 4 is 11.8 Å². The van der Waals surface area contributed by atoms with E-state index in [0.717, 1.165) is 11.1 Å². The minimum absolute atomic E-state index is 0.0293. The van der Waals surface area contributed by atoms with E-state index in [1.165, 1.54) is 12.1 Å². The first-order chi connectivity index (χ1) is 17.0. The number of carbonyl (C=O) groups excluding carboxylic acids is 2. The Morgan fingerprint density at radius 1 is 0.971 bits per heavy atom. The van der Waals surface area contributed by atoms with Crippen molar-refractivity contribution in [2.45, 2.75) is 25.2 Å². The highest BCUT2D eigenvalue weighted by Crippen LogP contribution is 2.31. The lowest BCUT2D eigenvalue weighted by atomic mass is 10.00. The van der Waals surface area contributed by atoms with Crippen LogP contribution in [0.2, 0.25) is 0 Å². The van der Waals surface area contributed by atoms with E-state index in [0.29, 0.717) is 43.9 Å². The summed E-state index contributed by atoms with van der Waals surface area (Å²) >= 11 is 0. The molecule has 0 aromatic heterocycles. The van der Waals surface area contributed by atoms with Gasteiger partial charge in [-0.05, 0) is 47.9 Å². The molecule has 2 aliphatic heterocycles. The number of hydrogen-bond acceptors (Lipinski definition) is 4. The van der Waals surface area contributed by atoms with E-state index in [1.54, 1.807) is 41.3 Å². The first kappa shape index (κ1) is 23.1. The molecule has 2 aliphatic rings. The number of halogens is 1. The first-order valence-corrected chi connectivity index (χ1v) is 11.7. The van der Waals surface area contributed by atoms with Gasteiger partial charge in [-0.3, -0.25) is 9.59 Å². The number of rotatable bonds is 6. The van der Waals surface area contributed by atoms with Gasteiger partial charge in [-0.2, -0.15) is 0 Å². The van der Waals surface area contributed by atoms with E-state index in [2.05, 4.69) is 0 Å². The zero-order valence-electron chi connectivity index (χ0n) is 19.4. The highest BCUT2D eigenvalue weighted by atomic mass is 19.1. The Hall–Kier alpha value is -3.71. The molecule has 0 saturated carbocycles. The Morgan fingerprint density at radius 3 is 2.57 bits per heavy atom. The maximum absolute atomic E-state index is 13.3. The zero-order chi connectivity index (χ0) is 24.3. The zero-order valence-corrected chi connectivity index (χ0v) is 19.4. The van der Waals surface area contributed by atoms with Gasteiger partial charge in [0.05, 0.1) is 13.1 Å². The fourth-order valence-corrected chi connectivity index (χ4v) is 4.65. The molecule has 2 amide bonds. The summed E-state index contributed by atoms with van der Waals surface area (Å²) in [5.74, 6) is 0.154. The van der Waals surface area contributed by atoms with Crippen LogP contribution in [-0.2, 0) is 22.7 Å². The van der Waals surface area contributed by atoms with Crippen LogP contribution >= 0.6 is 0 Å². The number of hydrogen-bond donors (Lipinski definition) is 0. The van der Waals surface area contributed by atoms with Gasteiger partial charge in [0.1, 0.15) is 30.4 Å². The largest absolute Gasteiger partial charge is 0.489 e. The van der Waals surface area contributed by atoms with Crippen LogP contribution in [0.1, 0.15) is 27.9 Å². The maximum Gasteiger partial charge on any atom is 0.254 e. The summed E-state index contributed by atoms with van der Waals surface area (Å²) in [7, 11) is 0. The SMILES string of the molecule is O=C1COC2(CCN(C(=O)c3cccc(OCc4ccc(F)cc4)c3)C2)CN1Cc1ccccc1. The normalized spacial score (nSPS) is 19.9. The number of ether oxygens (including phenoxy) is 2. The topological polar surface area (TPSA) is 59.1 Å². The van der Waals surface area contributed by atoms with Crippen LogP contribution in [0, 0.1) is 5.82 Å². The lowest BCUT2D eigenvalue weighted by Gasteiger charge is -2.40. The quantitative estimate of drug-likeness (QED) is 0.541. The molecule has 2 fully saturated rings. The molecule has 7 heteroatoms. The predicted molar refractivity (Wildman–Crippen MR) is 128 cm³/mol. The average Bonchev–Trinajstić information content (AvgIpc) is 3.30. The van der Waals surface area contributed by atoms with Crippen LogP contribution in [0.25, 0.3) is 0 Å². The van der Waals surface area contributed by atoms with Crippen LogP contribution in [0.15, 0.2) is 78.9 Å². The van der Waals surface area contributed by atoms with Crippen LogP contribution in [0.4, 0.5) is 4.39 Å². The molecule has 35 heavy (non-hydrogen) atoms. The molecule has 1 atom stereocenters. The summed E-state index contributed by atoms with van der Waals surface area (Å²) < 4.78 is 24.9. The van der Waals surface area contributed by atoms with Gasteiger partial charge in [0.25, 0.3) is 5.91 Å². The van der Waals surface area contributed by atoms with Crippen molar-refractivity contribution in [3.63, 3.8) is 0 Å². The molecule has 3 aromatic carbocycles. The van der Waals surface area contributed by atoms with Crippen molar-refractivity contribution < 1.29 is 23.5 Å². The molecule has 0 aliphatic carbocycles. The van der Waals surface area contributed by atoms with E-state index in [1.807, 2.05) is 35.2 Å². The molecule has 2 saturated heterocycles. The molecular weight excluding hydrogens is 447 g/mol. The van der Waals surface area contributed by atoms with Crippen LogP contribution in [-0.4, -0.2) is 53.5 Å². The molecule has 5 rings (SSSR count). The van der Waals surface area contributed by atoms with Crippen LogP contribution in [0.3, 0.4) is 0 Å². The van der Waals surface area contributed by atoms with Gasteiger partial charge >= 0.3 is 0 Å². The Kier molecular flexibility index (Phi) is 6.51. The molecule has 180 valence electrons. The number of morpholine rings is 1. The van der Waals surface area contributed by atoms with Gasteiger partial charge in [0.2, 0.25) is 5.91 Å². The lowest BCUT2D eigenvalue weighted by Crippen LogP contribution is -2.55. The van der Waals surface area contributed by atoms with E-state index in [4.69, 9.17) is 9.47 Å². The second kappa shape index (κ2) is 9.88. The third kappa shape index (κ3) is 5.35. The van der Waals surface area contributed by atoms with Crippen molar-refractivity contribution in [3.05, 3.63) is 101 Å². The minimum Gasteiger partial charge on any atom is -0.489 e. The van der Waals surface area contributed by atoms with E-state index in [-0.39, 0.29) is 30.8 Å². The molecule has 0 bridgehead atoms. The first-order valence-electron chi connectivity index (χ1n) is 11.7. The summed E-state index contributed by atoms with van der Waals surface area (Å²) in [6, 6.07) is 23.1. The fraction of sp³-hybridized carbons (Fsp3) is 0.286. The molecule has 1 spiro atoms. The molecule has 0 N–H and O–H groups in total. The summed E-state index contributed by atoms with van der Waals surface area (Å²) in [4.78, 5) is 29.4. The number of benzene rings is 3. The highest BCUT2D eigenvalue weighted by molar-refractivity contribution is 5.95. The van der Waals surface area contributed by atoms with Crippen LogP contribution < -0.4 is 4.74 Å². The summed E-state index contributed by atoms with van der Waals surface area (Å²) in [6.07, 6.45) is 0.679. The third-order valence-electron chi connectivity index (χ3n) is 6.55. The Balaban J connectivity index is 1.22. The molecule has 2 heterocycles. The summed E-state index contributed by atoms with van der Waals surface area (Å²) in [5.41, 5.74) is 1.90. The van der Waals surface area contributed by atoms with Gasteiger partial charge in [-0.15, -0.1) is 0 Å². The number of carbonyl (C=O) groups is 2. The smallest absolute Gasteiger partial charge is 0.254 e. The lowest BCUT2D eigenvalue weighted by molar-refractivity contribution is -0.162. The van der Waals surface area contributed by atoms with Crippen molar-refractivity contribution in [2.24, 2.45) is 0 Å². The van der Waals surface area contributed by atoms with E-state index >= 15 is 0 Å². The average molecular weight is 475 g/mol. The third-order valence-corrected chi connectivity index (χ3v) is 6.55. The molecule has 0 radical (unpaired) electrons. The molecule has 3 aromatic rings. The van der Waals surface area contributed by atoms with Gasteiger partial charge in [0, 0.05) is 18.7 Å². The van der Waals surface area contributed by atoms with Crippen molar-refractivity contribution in [3.8, 4) is 5.75 Å². The van der Waals surface area contributed by atoms with Gasteiger partial charge in [0.15, 0.2) is 0 Å². The highest BCUT2D eigenvalue weighted by Gasteiger charge is 2.46.